The summed E-state index contributed by atoms with van der Waals surface area (Å²) in [6, 6.07) is 0. The molecule has 0 radical (unpaired) electrons. The predicted octanol–water partition coefficient (Wildman–Crippen LogP) is 0.483. The molecule has 0 spiro atoms. The number of aromatic nitrogens is 2. The molecule has 1 heterocycles. The monoisotopic (exact) mass is 228 g/mol. The molecule has 0 saturated carbocycles. The number of hydrogen-bond acceptors (Lipinski definition) is 4. The average Bonchev–Trinajstić information content (AvgIpc) is 2.54. The standard InChI is InChI=1S/C9H16N4OS/c1-6(5-9(2,11)7(10)14)15-8-12-3-4-13-8/h3-4,6H,5,11H2,1-2H3,(H2,10,14)(H,12,13). The summed E-state index contributed by atoms with van der Waals surface area (Å²) in [4.78, 5) is 18.1. The molecule has 0 fully saturated rings. The van der Waals surface area contributed by atoms with Gasteiger partial charge in [0.15, 0.2) is 5.16 Å². The molecule has 15 heavy (non-hydrogen) atoms. The van der Waals surface area contributed by atoms with Gasteiger partial charge in [-0.15, -0.1) is 0 Å². The third kappa shape index (κ3) is 3.56. The van der Waals surface area contributed by atoms with Crippen molar-refractivity contribution in [2.24, 2.45) is 11.5 Å². The van der Waals surface area contributed by atoms with Crippen LogP contribution in [0.3, 0.4) is 0 Å². The lowest BCUT2D eigenvalue weighted by Gasteiger charge is -2.23. The van der Waals surface area contributed by atoms with Crippen LogP contribution in [0.15, 0.2) is 17.6 Å². The second-order valence-electron chi connectivity index (χ2n) is 3.81. The minimum atomic E-state index is -0.959. The quantitative estimate of drug-likeness (QED) is 0.638. The second kappa shape index (κ2) is 4.67. The molecule has 0 aliphatic rings. The first kappa shape index (κ1) is 12.1. The number of carbonyl (C=O) groups is 1. The van der Waals surface area contributed by atoms with Crippen molar-refractivity contribution in [3.05, 3.63) is 12.4 Å². The normalized spacial score (nSPS) is 17.0. The number of H-pyrrole nitrogens is 1. The number of carbonyl (C=O) groups excluding carboxylic acids is 1. The summed E-state index contributed by atoms with van der Waals surface area (Å²) in [5.74, 6) is -0.477. The average molecular weight is 228 g/mol. The van der Waals surface area contributed by atoms with Crippen molar-refractivity contribution >= 4 is 17.7 Å². The zero-order chi connectivity index (χ0) is 11.5. The Morgan fingerprint density at radius 3 is 2.93 bits per heavy atom. The Bertz CT molecular complexity index is 323. The molecule has 0 aliphatic carbocycles. The highest BCUT2D eigenvalue weighted by Crippen LogP contribution is 2.24. The predicted molar refractivity (Wildman–Crippen MR) is 60.3 cm³/mol. The van der Waals surface area contributed by atoms with Gasteiger partial charge >= 0.3 is 0 Å². The van der Waals surface area contributed by atoms with Crippen molar-refractivity contribution in [1.29, 1.82) is 0 Å². The molecular weight excluding hydrogens is 212 g/mol. The summed E-state index contributed by atoms with van der Waals surface area (Å²) in [5, 5.41) is 1.00. The van der Waals surface area contributed by atoms with Crippen LogP contribution in [0.1, 0.15) is 20.3 Å². The van der Waals surface area contributed by atoms with E-state index >= 15 is 0 Å². The first-order valence-electron chi connectivity index (χ1n) is 4.66. The van der Waals surface area contributed by atoms with E-state index < -0.39 is 11.4 Å². The summed E-state index contributed by atoms with van der Waals surface area (Å²) in [7, 11) is 0. The molecule has 1 amide bonds. The number of hydrogen-bond donors (Lipinski definition) is 3. The number of imidazole rings is 1. The van der Waals surface area contributed by atoms with Gasteiger partial charge in [0.2, 0.25) is 5.91 Å². The van der Waals surface area contributed by atoms with Gasteiger partial charge < -0.3 is 16.5 Å². The van der Waals surface area contributed by atoms with E-state index in [0.717, 1.165) is 5.16 Å². The smallest absolute Gasteiger partial charge is 0.237 e. The fraction of sp³-hybridized carbons (Fsp3) is 0.556. The zero-order valence-corrected chi connectivity index (χ0v) is 9.67. The van der Waals surface area contributed by atoms with E-state index in [2.05, 4.69) is 9.97 Å². The maximum absolute atomic E-state index is 11.0. The maximum Gasteiger partial charge on any atom is 0.237 e. The Labute approximate surface area is 93.0 Å². The van der Waals surface area contributed by atoms with Gasteiger partial charge in [-0.1, -0.05) is 18.7 Å². The summed E-state index contributed by atoms with van der Waals surface area (Å²) < 4.78 is 0. The largest absolute Gasteiger partial charge is 0.368 e. The van der Waals surface area contributed by atoms with Crippen LogP contribution in [0.5, 0.6) is 0 Å². The Morgan fingerprint density at radius 1 is 1.80 bits per heavy atom. The molecular formula is C9H16N4OS. The number of amides is 1. The first-order valence-corrected chi connectivity index (χ1v) is 5.54. The van der Waals surface area contributed by atoms with Crippen molar-refractivity contribution < 1.29 is 4.79 Å². The van der Waals surface area contributed by atoms with Gasteiger partial charge in [0.25, 0.3) is 0 Å². The molecule has 1 aromatic heterocycles. The number of nitrogens with two attached hydrogens (primary N) is 2. The molecule has 0 bridgehead atoms. The highest BCUT2D eigenvalue weighted by Gasteiger charge is 2.28. The number of primary amides is 1. The summed E-state index contributed by atoms with van der Waals surface area (Å²) in [6.07, 6.45) is 3.96. The van der Waals surface area contributed by atoms with Crippen LogP contribution in [0.2, 0.25) is 0 Å². The van der Waals surface area contributed by atoms with Gasteiger partial charge in [-0.05, 0) is 13.3 Å². The second-order valence-corrected chi connectivity index (χ2v) is 5.24. The van der Waals surface area contributed by atoms with Gasteiger partial charge in [-0.2, -0.15) is 0 Å². The number of nitrogens with one attached hydrogen (secondary N) is 1. The van der Waals surface area contributed by atoms with Crippen molar-refractivity contribution in [1.82, 2.24) is 9.97 Å². The maximum atomic E-state index is 11.0. The lowest BCUT2D eigenvalue weighted by molar-refractivity contribution is -0.122. The van der Waals surface area contributed by atoms with Gasteiger partial charge in [0.1, 0.15) is 0 Å². The van der Waals surface area contributed by atoms with E-state index in [1.165, 1.54) is 0 Å². The number of thioether (sulfide) groups is 1. The topological polar surface area (TPSA) is 97.8 Å². The van der Waals surface area contributed by atoms with E-state index in [9.17, 15) is 4.79 Å². The molecule has 1 aromatic rings. The highest BCUT2D eigenvalue weighted by molar-refractivity contribution is 7.99. The third-order valence-corrected chi connectivity index (χ3v) is 3.08. The van der Waals surface area contributed by atoms with E-state index in [-0.39, 0.29) is 5.25 Å². The molecule has 0 saturated heterocycles. The molecule has 0 aromatic carbocycles. The van der Waals surface area contributed by atoms with Crippen LogP contribution in [0.4, 0.5) is 0 Å². The molecule has 1 rings (SSSR count). The zero-order valence-electron chi connectivity index (χ0n) is 8.86. The minimum absolute atomic E-state index is 0.179. The Balaban J connectivity index is 2.49. The van der Waals surface area contributed by atoms with Crippen LogP contribution in [-0.4, -0.2) is 26.7 Å². The van der Waals surface area contributed by atoms with Crippen molar-refractivity contribution in [2.45, 2.75) is 36.2 Å². The first-order chi connectivity index (χ1) is 6.92. The highest BCUT2D eigenvalue weighted by atomic mass is 32.2. The minimum Gasteiger partial charge on any atom is -0.368 e. The number of nitrogens with zero attached hydrogens (tertiary/aromatic N) is 1. The van der Waals surface area contributed by atoms with Crippen LogP contribution in [0, 0.1) is 0 Å². The number of aromatic amines is 1. The van der Waals surface area contributed by atoms with E-state index in [1.54, 1.807) is 31.1 Å². The molecule has 6 heteroatoms. The van der Waals surface area contributed by atoms with Crippen LogP contribution in [0.25, 0.3) is 0 Å². The molecule has 2 unspecified atom stereocenters. The van der Waals surface area contributed by atoms with Crippen molar-refractivity contribution in [2.75, 3.05) is 0 Å². The fourth-order valence-corrected chi connectivity index (χ4v) is 2.31. The van der Waals surface area contributed by atoms with Crippen molar-refractivity contribution in [3.8, 4) is 0 Å². The molecule has 84 valence electrons. The fourth-order valence-electron chi connectivity index (χ4n) is 1.25. The van der Waals surface area contributed by atoms with E-state index in [1.807, 2.05) is 6.92 Å². The van der Waals surface area contributed by atoms with Gasteiger partial charge in [0, 0.05) is 17.6 Å². The van der Waals surface area contributed by atoms with Crippen molar-refractivity contribution in [3.63, 3.8) is 0 Å². The van der Waals surface area contributed by atoms with Crippen LogP contribution in [-0.2, 0) is 4.79 Å². The van der Waals surface area contributed by atoms with Crippen LogP contribution >= 0.6 is 11.8 Å². The summed E-state index contributed by atoms with van der Waals surface area (Å²) in [5.41, 5.74) is 10.0. The van der Waals surface area contributed by atoms with Gasteiger partial charge in [-0.25, -0.2) is 4.98 Å². The number of rotatable bonds is 5. The SMILES string of the molecule is CC(CC(C)(N)C(N)=O)Sc1ncc[nH]1. The molecule has 2 atom stereocenters. The Morgan fingerprint density at radius 2 is 2.47 bits per heavy atom. The molecule has 0 aliphatic heterocycles. The molecule has 5 N–H and O–H groups in total. The van der Waals surface area contributed by atoms with Crippen LogP contribution < -0.4 is 11.5 Å². The van der Waals surface area contributed by atoms with Gasteiger partial charge in [-0.3, -0.25) is 4.79 Å². The molecule has 5 nitrogen and oxygen atoms in total. The third-order valence-electron chi connectivity index (χ3n) is 2.06. The Hall–Kier alpha value is -1.01. The Kier molecular flexibility index (Phi) is 3.76. The van der Waals surface area contributed by atoms with E-state index in [0.29, 0.717) is 6.42 Å². The summed E-state index contributed by atoms with van der Waals surface area (Å²) >= 11 is 1.54. The van der Waals surface area contributed by atoms with E-state index in [4.69, 9.17) is 11.5 Å². The van der Waals surface area contributed by atoms with Gasteiger partial charge in [0.05, 0.1) is 5.54 Å². The lowest BCUT2D eigenvalue weighted by atomic mass is 9.97. The lowest BCUT2D eigenvalue weighted by Crippen LogP contribution is -2.50. The summed E-state index contributed by atoms with van der Waals surface area (Å²) in [6.45, 7) is 3.63.